The minimum absolute atomic E-state index is 0.0236. The number of amides is 1. The molecule has 0 saturated carbocycles. The van der Waals surface area contributed by atoms with Gasteiger partial charge in [-0.3, -0.25) is 14.5 Å². The Hall–Kier alpha value is -3.32. The third-order valence-corrected chi connectivity index (χ3v) is 5.55. The van der Waals surface area contributed by atoms with Crippen molar-refractivity contribution in [1.29, 1.82) is 0 Å². The number of carbonyl (C=O) groups excluding carboxylic acids is 2. The topological polar surface area (TPSA) is 88.3 Å². The molecule has 1 aliphatic heterocycles. The predicted molar refractivity (Wildman–Crippen MR) is 118 cm³/mol. The molecule has 1 aromatic heterocycles. The van der Waals surface area contributed by atoms with Crippen LogP contribution in [0.4, 0.5) is 5.69 Å². The number of anilines is 1. The molecule has 1 N–H and O–H groups in total. The molecule has 0 aliphatic carbocycles. The number of piperidine rings is 1. The van der Waals surface area contributed by atoms with Gasteiger partial charge < -0.3 is 9.84 Å². The number of aryl methyl sites for hydroxylation is 1. The number of hydrogen-bond donors (Lipinski definition) is 1. The maximum atomic E-state index is 12.8. The standard InChI is InChI=1S/C24H26N4O3/c1-16-8-10-18(11-9-16)23-26-22(31-27-23)15-28-12-4-6-20(14-28)24(30)25-21-7-3-5-19(13-21)17(2)29/h3,5,7-11,13,20H,4,6,12,14-15H2,1-2H3,(H,25,30). The molecule has 1 aliphatic rings. The van der Waals surface area contributed by atoms with E-state index < -0.39 is 0 Å². The van der Waals surface area contributed by atoms with Crippen molar-refractivity contribution in [2.75, 3.05) is 18.4 Å². The highest BCUT2D eigenvalue weighted by Crippen LogP contribution is 2.22. The van der Waals surface area contributed by atoms with E-state index in [-0.39, 0.29) is 17.6 Å². The van der Waals surface area contributed by atoms with Gasteiger partial charge in [-0.05, 0) is 45.4 Å². The molecule has 7 nitrogen and oxygen atoms in total. The van der Waals surface area contributed by atoms with Crippen LogP contribution in [0.3, 0.4) is 0 Å². The molecule has 3 aromatic rings. The molecule has 0 spiro atoms. The summed E-state index contributed by atoms with van der Waals surface area (Å²) < 4.78 is 5.44. The molecule has 0 radical (unpaired) electrons. The third-order valence-electron chi connectivity index (χ3n) is 5.55. The van der Waals surface area contributed by atoms with Crippen molar-refractivity contribution in [1.82, 2.24) is 15.0 Å². The van der Waals surface area contributed by atoms with Crippen molar-refractivity contribution in [3.63, 3.8) is 0 Å². The largest absolute Gasteiger partial charge is 0.338 e. The van der Waals surface area contributed by atoms with Crippen molar-refractivity contribution in [2.24, 2.45) is 5.92 Å². The van der Waals surface area contributed by atoms with Crippen molar-refractivity contribution in [3.05, 3.63) is 65.5 Å². The van der Waals surface area contributed by atoms with Crippen LogP contribution in [-0.2, 0) is 11.3 Å². The lowest BCUT2D eigenvalue weighted by Gasteiger charge is -2.30. The summed E-state index contributed by atoms with van der Waals surface area (Å²) in [5.41, 5.74) is 3.33. The van der Waals surface area contributed by atoms with Crippen LogP contribution in [0, 0.1) is 12.8 Å². The molecule has 7 heteroatoms. The van der Waals surface area contributed by atoms with E-state index in [4.69, 9.17) is 4.52 Å². The molecule has 1 fully saturated rings. The molecule has 160 valence electrons. The number of nitrogens with one attached hydrogen (secondary N) is 1. The molecule has 1 unspecified atom stereocenters. The Morgan fingerprint density at radius 1 is 1.19 bits per heavy atom. The SMILES string of the molecule is CC(=O)c1cccc(NC(=O)C2CCCN(Cc3nc(-c4ccc(C)cc4)no3)C2)c1. The maximum Gasteiger partial charge on any atom is 0.241 e. The van der Waals surface area contributed by atoms with Gasteiger partial charge in [0.2, 0.25) is 17.6 Å². The van der Waals surface area contributed by atoms with Crippen LogP contribution in [-0.4, -0.2) is 39.8 Å². The first-order chi connectivity index (χ1) is 15.0. The highest BCUT2D eigenvalue weighted by molar-refractivity contribution is 5.97. The minimum Gasteiger partial charge on any atom is -0.338 e. The average molecular weight is 418 g/mol. The number of aromatic nitrogens is 2. The fraction of sp³-hybridized carbons (Fsp3) is 0.333. The first kappa shape index (κ1) is 20.9. The summed E-state index contributed by atoms with van der Waals surface area (Å²) in [4.78, 5) is 31.0. The summed E-state index contributed by atoms with van der Waals surface area (Å²) in [5.74, 6) is 0.937. The quantitative estimate of drug-likeness (QED) is 0.607. The maximum absolute atomic E-state index is 12.8. The molecule has 1 amide bonds. The number of benzene rings is 2. The smallest absolute Gasteiger partial charge is 0.241 e. The van der Waals surface area contributed by atoms with Gasteiger partial charge in [-0.2, -0.15) is 4.98 Å². The van der Waals surface area contributed by atoms with E-state index in [1.807, 2.05) is 31.2 Å². The Morgan fingerprint density at radius 3 is 2.77 bits per heavy atom. The molecule has 4 rings (SSSR count). The van der Waals surface area contributed by atoms with Crippen LogP contribution < -0.4 is 5.32 Å². The van der Waals surface area contributed by atoms with Crippen LogP contribution >= 0.6 is 0 Å². The third kappa shape index (κ3) is 5.24. The molecule has 1 saturated heterocycles. The Morgan fingerprint density at radius 2 is 2.00 bits per heavy atom. The first-order valence-corrected chi connectivity index (χ1v) is 10.5. The molecule has 2 aromatic carbocycles. The number of nitrogens with zero attached hydrogens (tertiary/aromatic N) is 3. The zero-order valence-electron chi connectivity index (χ0n) is 17.8. The van der Waals surface area contributed by atoms with Gasteiger partial charge in [0.25, 0.3) is 0 Å². The predicted octanol–water partition coefficient (Wildman–Crippen LogP) is 4.10. The number of likely N-dealkylation sites (tertiary alicyclic amines) is 1. The summed E-state index contributed by atoms with van der Waals surface area (Å²) in [6.07, 6.45) is 1.75. The van der Waals surface area contributed by atoms with Crippen molar-refractivity contribution in [2.45, 2.75) is 33.2 Å². The average Bonchev–Trinajstić information content (AvgIpc) is 3.23. The zero-order valence-corrected chi connectivity index (χ0v) is 17.8. The second kappa shape index (κ2) is 9.22. The van der Waals surface area contributed by atoms with E-state index in [0.29, 0.717) is 36.1 Å². The van der Waals surface area contributed by atoms with E-state index in [1.54, 1.807) is 24.3 Å². The summed E-state index contributed by atoms with van der Waals surface area (Å²) >= 11 is 0. The lowest BCUT2D eigenvalue weighted by Crippen LogP contribution is -2.40. The summed E-state index contributed by atoms with van der Waals surface area (Å²) in [6.45, 7) is 5.57. The van der Waals surface area contributed by atoms with E-state index in [9.17, 15) is 9.59 Å². The first-order valence-electron chi connectivity index (χ1n) is 10.5. The van der Waals surface area contributed by atoms with Crippen molar-refractivity contribution in [3.8, 4) is 11.4 Å². The van der Waals surface area contributed by atoms with Gasteiger partial charge in [-0.25, -0.2) is 0 Å². The van der Waals surface area contributed by atoms with Gasteiger partial charge in [-0.15, -0.1) is 0 Å². The van der Waals surface area contributed by atoms with E-state index in [0.717, 1.165) is 24.9 Å². The lowest BCUT2D eigenvalue weighted by atomic mass is 9.97. The second-order valence-corrected chi connectivity index (χ2v) is 8.08. The Labute approximate surface area is 181 Å². The van der Waals surface area contributed by atoms with Crippen molar-refractivity contribution < 1.29 is 14.1 Å². The Balaban J connectivity index is 1.36. The van der Waals surface area contributed by atoms with E-state index >= 15 is 0 Å². The number of rotatable bonds is 6. The van der Waals surface area contributed by atoms with E-state index in [2.05, 4.69) is 20.4 Å². The Kier molecular flexibility index (Phi) is 6.23. The van der Waals surface area contributed by atoms with Crippen LogP contribution in [0.5, 0.6) is 0 Å². The molecule has 0 bridgehead atoms. The van der Waals surface area contributed by atoms with Gasteiger partial charge in [0.15, 0.2) is 5.78 Å². The number of Topliss-reactive ketones (excluding diaryl/α,β-unsaturated/α-hetero) is 1. The molecule has 1 atom stereocenters. The number of hydrogen-bond acceptors (Lipinski definition) is 6. The molecule has 31 heavy (non-hydrogen) atoms. The fourth-order valence-electron chi connectivity index (χ4n) is 3.80. The summed E-state index contributed by atoms with van der Waals surface area (Å²) in [5, 5.41) is 7.05. The summed E-state index contributed by atoms with van der Waals surface area (Å²) in [6, 6.07) is 15.0. The van der Waals surface area contributed by atoms with Gasteiger partial charge in [0, 0.05) is 23.4 Å². The number of ketones is 1. The summed E-state index contributed by atoms with van der Waals surface area (Å²) in [7, 11) is 0. The fourth-order valence-corrected chi connectivity index (χ4v) is 3.80. The Bertz CT molecular complexity index is 1070. The highest BCUT2D eigenvalue weighted by Gasteiger charge is 2.27. The van der Waals surface area contributed by atoms with E-state index in [1.165, 1.54) is 12.5 Å². The van der Waals surface area contributed by atoms with Gasteiger partial charge >= 0.3 is 0 Å². The van der Waals surface area contributed by atoms with Gasteiger partial charge in [-0.1, -0.05) is 47.1 Å². The number of carbonyl (C=O) groups is 2. The van der Waals surface area contributed by atoms with Crippen LogP contribution in [0.15, 0.2) is 53.1 Å². The lowest BCUT2D eigenvalue weighted by molar-refractivity contribution is -0.121. The molecular formula is C24H26N4O3. The minimum atomic E-state index is -0.130. The van der Waals surface area contributed by atoms with Gasteiger partial charge in [0.05, 0.1) is 12.5 Å². The van der Waals surface area contributed by atoms with Crippen LogP contribution in [0.25, 0.3) is 11.4 Å². The van der Waals surface area contributed by atoms with Crippen LogP contribution in [0.1, 0.15) is 41.6 Å². The van der Waals surface area contributed by atoms with Crippen LogP contribution in [0.2, 0.25) is 0 Å². The van der Waals surface area contributed by atoms with Gasteiger partial charge in [0.1, 0.15) is 0 Å². The second-order valence-electron chi connectivity index (χ2n) is 8.08. The highest BCUT2D eigenvalue weighted by atomic mass is 16.5. The van der Waals surface area contributed by atoms with Crippen molar-refractivity contribution >= 4 is 17.4 Å². The molecular weight excluding hydrogens is 392 g/mol. The molecule has 2 heterocycles. The zero-order chi connectivity index (χ0) is 21.8. The monoisotopic (exact) mass is 418 g/mol. The normalized spacial score (nSPS) is 16.8.